The molecule has 4 aromatic rings. The first-order chi connectivity index (χ1) is 17.3. The van der Waals surface area contributed by atoms with Gasteiger partial charge in [0.1, 0.15) is 12.4 Å². The van der Waals surface area contributed by atoms with Gasteiger partial charge in [0.25, 0.3) is 5.56 Å². The Bertz CT molecular complexity index is 1440. The van der Waals surface area contributed by atoms with Crippen molar-refractivity contribution in [3.05, 3.63) is 93.5 Å². The molecule has 0 bridgehead atoms. The highest BCUT2D eigenvalue weighted by atomic mass is 32.1. The van der Waals surface area contributed by atoms with Crippen LogP contribution < -0.4 is 15.0 Å². The maximum atomic E-state index is 15.3. The van der Waals surface area contributed by atoms with Gasteiger partial charge in [-0.25, -0.2) is 4.39 Å². The molecule has 2 heterocycles. The number of aromatic amines is 1. The second kappa shape index (κ2) is 9.91. The number of hydrogen-bond donors (Lipinski definition) is 1. The molecule has 186 valence electrons. The Balaban J connectivity index is 1.30. The number of hydrogen-bond acceptors (Lipinski definition) is 5. The van der Waals surface area contributed by atoms with Crippen LogP contribution in [0.1, 0.15) is 23.6 Å². The molecule has 0 radical (unpaired) electrons. The van der Waals surface area contributed by atoms with Gasteiger partial charge in [0.05, 0.1) is 24.7 Å². The fourth-order valence-electron chi connectivity index (χ4n) is 4.38. The highest BCUT2D eigenvalue weighted by Gasteiger charge is 2.34. The molecule has 1 aliphatic heterocycles. The van der Waals surface area contributed by atoms with E-state index < -0.39 is 0 Å². The minimum Gasteiger partial charge on any atom is -0.490 e. The van der Waals surface area contributed by atoms with Gasteiger partial charge in [0.15, 0.2) is 11.6 Å². The Morgan fingerprint density at radius 1 is 1.03 bits per heavy atom. The molecule has 0 amide bonds. The molecule has 0 saturated carbocycles. The van der Waals surface area contributed by atoms with Crippen LogP contribution in [0, 0.1) is 25.1 Å². The highest BCUT2D eigenvalue weighted by Crippen LogP contribution is 2.36. The van der Waals surface area contributed by atoms with E-state index in [0.29, 0.717) is 32.0 Å². The molecular weight excluding hydrogens is 477 g/mol. The Morgan fingerprint density at radius 2 is 1.81 bits per heavy atom. The Labute approximate surface area is 213 Å². The third-order valence-electron chi connectivity index (χ3n) is 6.42. The first-order valence-corrected chi connectivity index (χ1v) is 12.6. The lowest BCUT2D eigenvalue weighted by Gasteiger charge is -2.37. The van der Waals surface area contributed by atoms with E-state index in [1.165, 1.54) is 11.5 Å². The number of rotatable bonds is 8. The van der Waals surface area contributed by atoms with E-state index in [2.05, 4.69) is 11.3 Å². The molecule has 0 unspecified atom stereocenters. The van der Waals surface area contributed by atoms with E-state index >= 15 is 4.39 Å². The zero-order valence-electron chi connectivity index (χ0n) is 20.5. The quantitative estimate of drug-likeness (QED) is 0.296. The van der Waals surface area contributed by atoms with Gasteiger partial charge in [-0.3, -0.25) is 9.17 Å². The maximum Gasteiger partial charge on any atom is 0.258 e. The van der Waals surface area contributed by atoms with Crippen LogP contribution in [0.25, 0.3) is 21.6 Å². The van der Waals surface area contributed by atoms with Crippen LogP contribution in [-0.4, -0.2) is 24.2 Å². The summed E-state index contributed by atoms with van der Waals surface area (Å²) in [5.41, 5.74) is 5.13. The van der Waals surface area contributed by atoms with Crippen molar-refractivity contribution in [2.45, 2.75) is 27.4 Å². The average Bonchev–Trinajstić information content (AvgIpc) is 3.30. The molecular formula is C29H28FNO4S. The Kier molecular flexibility index (Phi) is 6.69. The van der Waals surface area contributed by atoms with E-state index in [9.17, 15) is 4.79 Å². The number of nitrogens with one attached hydrogen (secondary N) is 1. The maximum absolute atomic E-state index is 15.3. The minimum absolute atomic E-state index is 0.0510. The van der Waals surface area contributed by atoms with E-state index in [-0.39, 0.29) is 22.5 Å². The van der Waals surface area contributed by atoms with Crippen LogP contribution in [0.5, 0.6) is 11.5 Å². The molecule has 1 aliphatic rings. The molecule has 5 nitrogen and oxygen atoms in total. The van der Waals surface area contributed by atoms with Crippen LogP contribution in [0.4, 0.5) is 4.39 Å². The number of aryl methyl sites for hydroxylation is 1. The lowest BCUT2D eigenvalue weighted by molar-refractivity contribution is -0.120. The number of benzene rings is 3. The molecule has 1 N–H and O–H groups in total. The molecule has 36 heavy (non-hydrogen) atoms. The van der Waals surface area contributed by atoms with Crippen molar-refractivity contribution in [3.8, 4) is 33.1 Å². The summed E-state index contributed by atoms with van der Waals surface area (Å²) in [4.78, 5) is 12.3. The standard InChI is InChI=1S/C29H28FNO4S/c1-18-11-24(35-17-29(3)15-33-16-29)28(30)19(2)27(18)22-6-4-5-20(12-22)14-34-23-9-7-21(8-10-23)25-13-26(32)31-36-25/h4-13H,14-17H2,1-3H3,(H,31,32). The summed E-state index contributed by atoms with van der Waals surface area (Å²) >= 11 is 1.31. The second-order valence-electron chi connectivity index (χ2n) is 9.69. The van der Waals surface area contributed by atoms with E-state index in [1.807, 2.05) is 55.5 Å². The van der Waals surface area contributed by atoms with Crippen molar-refractivity contribution in [2.24, 2.45) is 5.41 Å². The van der Waals surface area contributed by atoms with Crippen molar-refractivity contribution in [1.29, 1.82) is 0 Å². The number of H-pyrrole nitrogens is 1. The highest BCUT2D eigenvalue weighted by molar-refractivity contribution is 7.09. The van der Waals surface area contributed by atoms with Gasteiger partial charge >= 0.3 is 0 Å². The summed E-state index contributed by atoms with van der Waals surface area (Å²) in [7, 11) is 0. The van der Waals surface area contributed by atoms with Crippen LogP contribution in [-0.2, 0) is 11.3 Å². The van der Waals surface area contributed by atoms with Crippen LogP contribution in [0.15, 0.2) is 65.5 Å². The van der Waals surface area contributed by atoms with E-state index in [4.69, 9.17) is 14.2 Å². The molecule has 1 saturated heterocycles. The molecule has 0 atom stereocenters. The SMILES string of the molecule is Cc1cc(OCC2(C)COC2)c(F)c(C)c1-c1cccc(COc2ccc(-c3cc(=O)[nH]s3)cc2)c1. The summed E-state index contributed by atoms with van der Waals surface area (Å²) < 4.78 is 35.1. The third-order valence-corrected chi connectivity index (χ3v) is 7.30. The third kappa shape index (κ3) is 5.08. The zero-order chi connectivity index (χ0) is 25.3. The molecule has 7 heteroatoms. The van der Waals surface area contributed by atoms with Crippen LogP contribution >= 0.6 is 11.5 Å². The molecule has 3 aromatic carbocycles. The molecule has 5 rings (SSSR count). The first kappa shape index (κ1) is 24.3. The lowest BCUT2D eigenvalue weighted by atomic mass is 9.90. The lowest BCUT2D eigenvalue weighted by Crippen LogP contribution is -2.44. The van der Waals surface area contributed by atoms with Crippen molar-refractivity contribution < 1.29 is 18.6 Å². The van der Waals surface area contributed by atoms with Gasteiger partial charge < -0.3 is 14.2 Å². The van der Waals surface area contributed by atoms with Gasteiger partial charge in [0.2, 0.25) is 0 Å². The summed E-state index contributed by atoms with van der Waals surface area (Å²) in [6, 6.07) is 19.0. The fraction of sp³-hybridized carbons (Fsp3) is 0.276. The van der Waals surface area contributed by atoms with Gasteiger partial charge in [-0.1, -0.05) is 36.7 Å². The number of ether oxygens (including phenoxy) is 3. The number of halogens is 1. The van der Waals surface area contributed by atoms with Crippen molar-refractivity contribution in [3.63, 3.8) is 0 Å². The van der Waals surface area contributed by atoms with Gasteiger partial charge in [-0.15, -0.1) is 0 Å². The van der Waals surface area contributed by atoms with Gasteiger partial charge in [-0.2, -0.15) is 0 Å². The fourth-order valence-corrected chi connectivity index (χ4v) is 5.07. The predicted molar refractivity (Wildman–Crippen MR) is 140 cm³/mol. The first-order valence-electron chi connectivity index (χ1n) is 11.8. The Hall–Kier alpha value is -3.42. The summed E-state index contributed by atoms with van der Waals surface area (Å²) in [5.74, 6) is 0.697. The van der Waals surface area contributed by atoms with E-state index in [1.54, 1.807) is 19.1 Å². The van der Waals surface area contributed by atoms with E-state index in [0.717, 1.165) is 38.4 Å². The molecule has 1 aromatic heterocycles. The monoisotopic (exact) mass is 505 g/mol. The van der Waals surface area contributed by atoms with Crippen LogP contribution in [0.3, 0.4) is 0 Å². The minimum atomic E-state index is -0.325. The topological polar surface area (TPSA) is 60.6 Å². The summed E-state index contributed by atoms with van der Waals surface area (Å²) in [6.07, 6.45) is 0. The normalized spacial score (nSPS) is 14.3. The van der Waals surface area contributed by atoms with Crippen molar-refractivity contribution >= 4 is 11.5 Å². The van der Waals surface area contributed by atoms with Crippen molar-refractivity contribution in [2.75, 3.05) is 19.8 Å². The van der Waals surface area contributed by atoms with Gasteiger partial charge in [-0.05, 0) is 83.6 Å². The van der Waals surface area contributed by atoms with Gasteiger partial charge in [0, 0.05) is 11.5 Å². The van der Waals surface area contributed by atoms with Crippen molar-refractivity contribution in [1.82, 2.24) is 4.37 Å². The second-order valence-corrected chi connectivity index (χ2v) is 10.5. The number of aromatic nitrogens is 1. The Morgan fingerprint density at radius 3 is 2.47 bits per heavy atom. The van der Waals surface area contributed by atoms with Crippen LogP contribution in [0.2, 0.25) is 0 Å². The smallest absolute Gasteiger partial charge is 0.258 e. The predicted octanol–water partition coefficient (Wildman–Crippen LogP) is 6.52. The largest absolute Gasteiger partial charge is 0.490 e. The average molecular weight is 506 g/mol. The molecule has 1 fully saturated rings. The zero-order valence-corrected chi connectivity index (χ0v) is 21.3. The molecule has 0 aliphatic carbocycles. The summed E-state index contributed by atoms with van der Waals surface area (Å²) in [5, 5.41) is 0. The molecule has 0 spiro atoms. The summed E-state index contributed by atoms with van der Waals surface area (Å²) in [6.45, 7) is 7.95.